The summed E-state index contributed by atoms with van der Waals surface area (Å²) in [5.74, 6) is -0.171. The molecule has 1 spiro atoms. The SMILES string of the molecule is O=C1O[C@]2(CCN(C(=O)C3(c4ccccc4)CC3)C2)c2ccncc21. The van der Waals surface area contributed by atoms with Crippen LogP contribution >= 0.6 is 0 Å². The van der Waals surface area contributed by atoms with Crippen LogP contribution in [0, 0.1) is 0 Å². The van der Waals surface area contributed by atoms with E-state index >= 15 is 0 Å². The molecule has 3 heterocycles. The van der Waals surface area contributed by atoms with Crippen molar-refractivity contribution in [2.24, 2.45) is 0 Å². The molecule has 1 atom stereocenters. The Morgan fingerprint density at radius 3 is 2.68 bits per heavy atom. The van der Waals surface area contributed by atoms with E-state index in [0.717, 1.165) is 24.0 Å². The van der Waals surface area contributed by atoms with Gasteiger partial charge in [0.2, 0.25) is 5.91 Å². The molecule has 1 aromatic heterocycles. The van der Waals surface area contributed by atoms with Crippen molar-refractivity contribution in [1.29, 1.82) is 0 Å². The van der Waals surface area contributed by atoms with E-state index in [2.05, 4.69) is 4.98 Å². The molecule has 5 nitrogen and oxygen atoms in total. The van der Waals surface area contributed by atoms with Gasteiger partial charge in [0.15, 0.2) is 5.60 Å². The number of carbonyl (C=O) groups is 2. The first kappa shape index (κ1) is 14.6. The lowest BCUT2D eigenvalue weighted by Gasteiger charge is -2.26. The Kier molecular flexibility index (Phi) is 2.87. The van der Waals surface area contributed by atoms with Crippen molar-refractivity contribution >= 4 is 11.9 Å². The van der Waals surface area contributed by atoms with Crippen LogP contribution in [0.1, 0.15) is 40.7 Å². The van der Waals surface area contributed by atoms with Crippen LogP contribution in [0.2, 0.25) is 0 Å². The molecular weight excluding hydrogens is 316 g/mol. The van der Waals surface area contributed by atoms with Crippen molar-refractivity contribution in [3.05, 3.63) is 65.5 Å². The molecule has 1 aliphatic carbocycles. The molecule has 2 aromatic rings. The summed E-state index contributed by atoms with van der Waals surface area (Å²) in [7, 11) is 0. The zero-order valence-electron chi connectivity index (χ0n) is 13.8. The molecule has 0 N–H and O–H groups in total. The first-order valence-electron chi connectivity index (χ1n) is 8.67. The number of ether oxygens (including phenoxy) is 1. The fourth-order valence-corrected chi connectivity index (χ4v) is 4.31. The molecule has 1 saturated heterocycles. The Bertz CT molecular complexity index is 876. The molecule has 5 heteroatoms. The van der Waals surface area contributed by atoms with Crippen molar-refractivity contribution in [3.63, 3.8) is 0 Å². The van der Waals surface area contributed by atoms with Gasteiger partial charge in [0, 0.05) is 30.9 Å². The minimum absolute atomic E-state index is 0.161. The van der Waals surface area contributed by atoms with E-state index in [-0.39, 0.29) is 17.3 Å². The van der Waals surface area contributed by atoms with Crippen LogP contribution in [0.25, 0.3) is 0 Å². The Hall–Kier alpha value is -2.69. The molecule has 25 heavy (non-hydrogen) atoms. The number of likely N-dealkylation sites (tertiary alicyclic amines) is 1. The van der Waals surface area contributed by atoms with Gasteiger partial charge in [-0.3, -0.25) is 9.78 Å². The number of aromatic nitrogens is 1. The quantitative estimate of drug-likeness (QED) is 0.792. The summed E-state index contributed by atoms with van der Waals surface area (Å²) in [5, 5.41) is 0. The highest BCUT2D eigenvalue weighted by Gasteiger charge is 2.57. The van der Waals surface area contributed by atoms with Crippen molar-refractivity contribution in [2.45, 2.75) is 30.3 Å². The molecule has 0 unspecified atom stereocenters. The number of pyridine rings is 1. The second-order valence-corrected chi connectivity index (χ2v) is 7.23. The summed E-state index contributed by atoms with van der Waals surface area (Å²) >= 11 is 0. The Balaban J connectivity index is 1.44. The van der Waals surface area contributed by atoms with Gasteiger partial charge in [-0.1, -0.05) is 30.3 Å². The molecule has 2 aliphatic heterocycles. The lowest BCUT2D eigenvalue weighted by molar-refractivity contribution is -0.134. The lowest BCUT2D eigenvalue weighted by Crippen LogP contribution is -2.40. The number of hydrogen-bond acceptors (Lipinski definition) is 4. The largest absolute Gasteiger partial charge is 0.449 e. The zero-order chi connectivity index (χ0) is 17.1. The number of benzene rings is 1. The summed E-state index contributed by atoms with van der Waals surface area (Å²) in [6.45, 7) is 1.05. The Morgan fingerprint density at radius 1 is 1.12 bits per heavy atom. The fourth-order valence-electron chi connectivity index (χ4n) is 4.31. The van der Waals surface area contributed by atoms with E-state index in [1.807, 2.05) is 41.3 Å². The minimum Gasteiger partial charge on any atom is -0.449 e. The second-order valence-electron chi connectivity index (χ2n) is 7.23. The number of esters is 1. The predicted octanol–water partition coefficient (Wildman–Crippen LogP) is 2.41. The zero-order valence-corrected chi connectivity index (χ0v) is 13.8. The van der Waals surface area contributed by atoms with Crippen molar-refractivity contribution in [3.8, 4) is 0 Å². The molecule has 3 aliphatic rings. The maximum atomic E-state index is 13.2. The van der Waals surface area contributed by atoms with Crippen molar-refractivity contribution in [2.75, 3.05) is 13.1 Å². The number of carbonyl (C=O) groups excluding carboxylic acids is 2. The van der Waals surface area contributed by atoms with Gasteiger partial charge < -0.3 is 9.64 Å². The van der Waals surface area contributed by atoms with Gasteiger partial charge in [0.05, 0.1) is 17.5 Å². The molecule has 1 amide bonds. The average Bonchev–Trinajstić information content (AvgIpc) is 3.29. The summed E-state index contributed by atoms with van der Waals surface area (Å²) in [6.07, 6.45) is 5.66. The molecule has 0 radical (unpaired) electrons. The number of hydrogen-bond donors (Lipinski definition) is 0. The summed E-state index contributed by atoms with van der Waals surface area (Å²) < 4.78 is 5.73. The third-order valence-electron chi connectivity index (χ3n) is 5.82. The standard InChI is InChI=1S/C20H18N2O3/c23-17-15-12-21-10-6-16(15)20(25-17)9-11-22(13-20)18(24)19(7-8-19)14-4-2-1-3-5-14/h1-6,10,12H,7-9,11,13H2/t20-/m0/s1. The van der Waals surface area contributed by atoms with Crippen LogP contribution in [-0.2, 0) is 20.5 Å². The molecule has 2 fully saturated rings. The van der Waals surface area contributed by atoms with Crippen LogP contribution < -0.4 is 0 Å². The molecule has 0 bridgehead atoms. The number of amides is 1. The van der Waals surface area contributed by atoms with Crippen LogP contribution in [-0.4, -0.2) is 34.8 Å². The van der Waals surface area contributed by atoms with E-state index < -0.39 is 5.60 Å². The van der Waals surface area contributed by atoms with Gasteiger partial charge in [-0.05, 0) is 24.5 Å². The molecule has 5 rings (SSSR count). The minimum atomic E-state index is -0.697. The van der Waals surface area contributed by atoms with Crippen LogP contribution in [0.5, 0.6) is 0 Å². The van der Waals surface area contributed by atoms with E-state index in [0.29, 0.717) is 25.1 Å². The summed E-state index contributed by atoms with van der Waals surface area (Å²) in [6, 6.07) is 11.9. The summed E-state index contributed by atoms with van der Waals surface area (Å²) in [5.41, 5.74) is 1.41. The normalized spacial score (nSPS) is 25.8. The van der Waals surface area contributed by atoms with E-state index in [4.69, 9.17) is 4.74 Å². The number of fused-ring (bicyclic) bond motifs is 2. The molecular formula is C20H18N2O3. The van der Waals surface area contributed by atoms with Gasteiger partial charge in [-0.2, -0.15) is 0 Å². The molecule has 126 valence electrons. The highest BCUT2D eigenvalue weighted by molar-refractivity contribution is 5.95. The topological polar surface area (TPSA) is 59.5 Å². The van der Waals surface area contributed by atoms with Crippen LogP contribution in [0.15, 0.2) is 48.8 Å². The van der Waals surface area contributed by atoms with E-state index in [9.17, 15) is 9.59 Å². The summed E-state index contributed by atoms with van der Waals surface area (Å²) in [4.78, 5) is 31.3. The first-order chi connectivity index (χ1) is 12.1. The smallest absolute Gasteiger partial charge is 0.341 e. The van der Waals surface area contributed by atoms with E-state index in [1.165, 1.54) is 0 Å². The molecule has 1 aromatic carbocycles. The van der Waals surface area contributed by atoms with Crippen molar-refractivity contribution < 1.29 is 14.3 Å². The van der Waals surface area contributed by atoms with Gasteiger partial charge >= 0.3 is 5.97 Å². The maximum Gasteiger partial charge on any atom is 0.341 e. The maximum absolute atomic E-state index is 13.2. The Labute approximate surface area is 145 Å². The second kappa shape index (κ2) is 4.91. The highest BCUT2D eigenvalue weighted by Crippen LogP contribution is 2.51. The monoisotopic (exact) mass is 334 g/mol. The van der Waals surface area contributed by atoms with Gasteiger partial charge in [0.25, 0.3) is 0 Å². The number of rotatable bonds is 2. The van der Waals surface area contributed by atoms with Gasteiger partial charge in [0.1, 0.15) is 0 Å². The third kappa shape index (κ3) is 1.98. The third-order valence-corrected chi connectivity index (χ3v) is 5.82. The first-order valence-corrected chi connectivity index (χ1v) is 8.67. The van der Waals surface area contributed by atoms with Crippen molar-refractivity contribution in [1.82, 2.24) is 9.88 Å². The fraction of sp³-hybridized carbons (Fsp3) is 0.350. The average molecular weight is 334 g/mol. The van der Waals surface area contributed by atoms with Gasteiger partial charge in [-0.25, -0.2) is 4.79 Å². The van der Waals surface area contributed by atoms with Gasteiger partial charge in [-0.15, -0.1) is 0 Å². The number of nitrogens with zero attached hydrogens (tertiary/aromatic N) is 2. The highest BCUT2D eigenvalue weighted by atomic mass is 16.6. The Morgan fingerprint density at radius 2 is 1.92 bits per heavy atom. The lowest BCUT2D eigenvalue weighted by atomic mass is 9.92. The van der Waals surface area contributed by atoms with Crippen LogP contribution in [0.4, 0.5) is 0 Å². The van der Waals surface area contributed by atoms with Crippen LogP contribution in [0.3, 0.4) is 0 Å². The molecule has 1 saturated carbocycles. The van der Waals surface area contributed by atoms with E-state index in [1.54, 1.807) is 12.4 Å². The predicted molar refractivity (Wildman–Crippen MR) is 89.9 cm³/mol.